The normalized spacial score (nSPS) is 24.2. The summed E-state index contributed by atoms with van der Waals surface area (Å²) in [6.07, 6.45) is 8.50. The predicted molar refractivity (Wildman–Crippen MR) is 103 cm³/mol. The molecule has 1 aliphatic carbocycles. The van der Waals surface area contributed by atoms with E-state index in [1.807, 2.05) is 12.1 Å². The van der Waals surface area contributed by atoms with Crippen LogP contribution in [0.5, 0.6) is 5.75 Å². The Hall–Kier alpha value is -1.26. The first-order chi connectivity index (χ1) is 11.7. The van der Waals surface area contributed by atoms with Crippen molar-refractivity contribution in [1.82, 2.24) is 10.6 Å². The van der Waals surface area contributed by atoms with Gasteiger partial charge in [0, 0.05) is 18.5 Å². The molecular formula is C20H31ClN2O2. The summed E-state index contributed by atoms with van der Waals surface area (Å²) >= 11 is 0. The van der Waals surface area contributed by atoms with Crippen LogP contribution >= 0.6 is 12.4 Å². The third-order valence-electron chi connectivity index (χ3n) is 5.24. The minimum atomic E-state index is 0. The first-order valence-electron chi connectivity index (χ1n) is 9.47. The molecule has 0 spiro atoms. The number of ether oxygens (including phenoxy) is 1. The van der Waals surface area contributed by atoms with Crippen molar-refractivity contribution in [1.29, 1.82) is 0 Å². The van der Waals surface area contributed by atoms with E-state index in [4.69, 9.17) is 4.74 Å². The fraction of sp³-hybridized carbons (Fsp3) is 0.650. The summed E-state index contributed by atoms with van der Waals surface area (Å²) in [7, 11) is 0. The van der Waals surface area contributed by atoms with Crippen molar-refractivity contribution in [2.24, 2.45) is 5.92 Å². The van der Waals surface area contributed by atoms with Crippen molar-refractivity contribution in [3.63, 3.8) is 0 Å². The number of rotatable bonds is 5. The number of benzene rings is 1. The molecule has 0 bridgehead atoms. The second kappa shape index (κ2) is 10.0. The van der Waals surface area contributed by atoms with E-state index >= 15 is 0 Å². The van der Waals surface area contributed by atoms with E-state index in [2.05, 4.69) is 29.7 Å². The van der Waals surface area contributed by atoms with E-state index in [1.165, 1.54) is 32.1 Å². The lowest BCUT2D eigenvalue weighted by molar-refractivity contribution is -0.126. The number of hydrogen-bond acceptors (Lipinski definition) is 3. The summed E-state index contributed by atoms with van der Waals surface area (Å²) in [5, 5.41) is 6.47. The fourth-order valence-corrected chi connectivity index (χ4v) is 3.76. The standard InChI is InChI=1S/C20H30N2O2.ClH/c1-15-13-17(11-12-21-15)20(23)22-14-16-7-9-19(10-8-16)24-18-5-3-2-4-6-18;/h7-10,15,17-18,21H,2-6,11-14H2,1H3,(H,22,23);1H/t15-,17-;/m0./s1. The summed E-state index contributed by atoms with van der Waals surface area (Å²) in [5.41, 5.74) is 1.13. The highest BCUT2D eigenvalue weighted by Gasteiger charge is 2.24. The lowest BCUT2D eigenvalue weighted by Gasteiger charge is -2.27. The van der Waals surface area contributed by atoms with Crippen LogP contribution < -0.4 is 15.4 Å². The van der Waals surface area contributed by atoms with E-state index in [9.17, 15) is 4.79 Å². The van der Waals surface area contributed by atoms with Crippen LogP contribution in [0.25, 0.3) is 0 Å². The minimum absolute atomic E-state index is 0. The van der Waals surface area contributed by atoms with E-state index in [-0.39, 0.29) is 24.2 Å². The maximum atomic E-state index is 12.3. The molecular weight excluding hydrogens is 336 g/mol. The number of halogens is 1. The monoisotopic (exact) mass is 366 g/mol. The van der Waals surface area contributed by atoms with E-state index in [0.717, 1.165) is 30.7 Å². The molecule has 3 rings (SSSR count). The van der Waals surface area contributed by atoms with Gasteiger partial charge in [0.15, 0.2) is 0 Å². The minimum Gasteiger partial charge on any atom is -0.490 e. The van der Waals surface area contributed by atoms with Crippen molar-refractivity contribution in [3.05, 3.63) is 29.8 Å². The summed E-state index contributed by atoms with van der Waals surface area (Å²) in [5.74, 6) is 1.28. The topological polar surface area (TPSA) is 50.4 Å². The Morgan fingerprint density at radius 2 is 1.88 bits per heavy atom. The number of nitrogens with one attached hydrogen (secondary N) is 2. The maximum Gasteiger partial charge on any atom is 0.223 e. The number of hydrogen-bond donors (Lipinski definition) is 2. The molecule has 0 radical (unpaired) electrons. The molecule has 2 N–H and O–H groups in total. The highest BCUT2D eigenvalue weighted by molar-refractivity contribution is 5.85. The number of amides is 1. The van der Waals surface area contributed by atoms with Crippen molar-refractivity contribution in [2.45, 2.75) is 70.6 Å². The molecule has 1 aromatic rings. The van der Waals surface area contributed by atoms with Crippen LogP contribution in [0.3, 0.4) is 0 Å². The molecule has 25 heavy (non-hydrogen) atoms. The fourth-order valence-electron chi connectivity index (χ4n) is 3.76. The molecule has 1 saturated carbocycles. The Balaban J connectivity index is 0.00000225. The smallest absolute Gasteiger partial charge is 0.223 e. The van der Waals surface area contributed by atoms with E-state index in [1.54, 1.807) is 0 Å². The van der Waals surface area contributed by atoms with Crippen LogP contribution in [-0.4, -0.2) is 24.6 Å². The summed E-state index contributed by atoms with van der Waals surface area (Å²) in [4.78, 5) is 12.3. The molecule has 2 aliphatic rings. The second-order valence-electron chi connectivity index (χ2n) is 7.32. The van der Waals surface area contributed by atoms with E-state index < -0.39 is 0 Å². The Morgan fingerprint density at radius 1 is 1.16 bits per heavy atom. The maximum absolute atomic E-state index is 12.3. The lowest BCUT2D eigenvalue weighted by Crippen LogP contribution is -2.42. The molecule has 0 unspecified atom stereocenters. The average molecular weight is 367 g/mol. The Morgan fingerprint density at radius 3 is 2.56 bits per heavy atom. The first kappa shape index (κ1) is 20.1. The molecule has 2 fully saturated rings. The molecule has 1 aromatic carbocycles. The van der Waals surface area contributed by atoms with Gasteiger partial charge in [-0.2, -0.15) is 0 Å². The van der Waals surface area contributed by atoms with Crippen LogP contribution in [0.4, 0.5) is 0 Å². The van der Waals surface area contributed by atoms with Gasteiger partial charge in [-0.1, -0.05) is 18.6 Å². The lowest BCUT2D eigenvalue weighted by atomic mass is 9.92. The van der Waals surface area contributed by atoms with Crippen LogP contribution in [0.15, 0.2) is 24.3 Å². The van der Waals surface area contributed by atoms with Gasteiger partial charge in [0.25, 0.3) is 0 Å². The zero-order chi connectivity index (χ0) is 16.8. The highest BCUT2D eigenvalue weighted by atomic mass is 35.5. The van der Waals surface area contributed by atoms with Crippen molar-refractivity contribution in [3.8, 4) is 5.75 Å². The van der Waals surface area contributed by atoms with Gasteiger partial charge < -0.3 is 15.4 Å². The van der Waals surface area contributed by atoms with Crippen molar-refractivity contribution in [2.75, 3.05) is 6.54 Å². The van der Waals surface area contributed by atoms with Crippen LogP contribution in [0.2, 0.25) is 0 Å². The molecule has 0 aromatic heterocycles. The molecule has 140 valence electrons. The molecule has 1 saturated heterocycles. The Kier molecular flexibility index (Phi) is 8.04. The number of piperidine rings is 1. The molecule has 4 nitrogen and oxygen atoms in total. The Labute approximate surface area is 157 Å². The van der Waals surface area contributed by atoms with Gasteiger partial charge in [-0.3, -0.25) is 4.79 Å². The second-order valence-corrected chi connectivity index (χ2v) is 7.32. The van der Waals surface area contributed by atoms with Crippen LogP contribution in [0, 0.1) is 5.92 Å². The quantitative estimate of drug-likeness (QED) is 0.832. The average Bonchev–Trinajstić information content (AvgIpc) is 2.62. The highest BCUT2D eigenvalue weighted by Crippen LogP contribution is 2.23. The molecule has 1 amide bonds. The van der Waals surface area contributed by atoms with Crippen molar-refractivity contribution >= 4 is 18.3 Å². The van der Waals surface area contributed by atoms with Gasteiger partial charge in [-0.25, -0.2) is 0 Å². The van der Waals surface area contributed by atoms with Crippen LogP contribution in [0.1, 0.15) is 57.4 Å². The summed E-state index contributed by atoms with van der Waals surface area (Å²) in [6, 6.07) is 8.61. The van der Waals surface area contributed by atoms with Gasteiger partial charge in [0.2, 0.25) is 5.91 Å². The summed E-state index contributed by atoms with van der Waals surface area (Å²) in [6.45, 7) is 3.68. The van der Waals surface area contributed by atoms with Gasteiger partial charge >= 0.3 is 0 Å². The van der Waals surface area contributed by atoms with Gasteiger partial charge in [0.1, 0.15) is 5.75 Å². The molecule has 5 heteroatoms. The third-order valence-corrected chi connectivity index (χ3v) is 5.24. The molecule has 1 aliphatic heterocycles. The first-order valence-corrected chi connectivity index (χ1v) is 9.47. The third kappa shape index (κ3) is 6.19. The molecule has 1 heterocycles. The summed E-state index contributed by atoms with van der Waals surface area (Å²) < 4.78 is 6.05. The van der Waals surface area contributed by atoms with Gasteiger partial charge in [-0.15, -0.1) is 12.4 Å². The van der Waals surface area contributed by atoms with Gasteiger partial charge in [-0.05, 0) is 69.7 Å². The molecule has 2 atom stereocenters. The largest absolute Gasteiger partial charge is 0.490 e. The predicted octanol–water partition coefficient (Wildman–Crippen LogP) is 3.82. The zero-order valence-electron chi connectivity index (χ0n) is 15.1. The van der Waals surface area contributed by atoms with Crippen LogP contribution in [-0.2, 0) is 11.3 Å². The Bertz CT molecular complexity index is 529. The number of carbonyl (C=O) groups is 1. The zero-order valence-corrected chi connectivity index (χ0v) is 15.9. The van der Waals surface area contributed by atoms with Gasteiger partial charge in [0.05, 0.1) is 6.10 Å². The van der Waals surface area contributed by atoms with E-state index in [0.29, 0.717) is 18.7 Å². The van der Waals surface area contributed by atoms with Crippen molar-refractivity contribution < 1.29 is 9.53 Å². The SMILES string of the molecule is C[C@H]1C[C@@H](C(=O)NCc2ccc(OC3CCCCC3)cc2)CCN1.Cl. The number of carbonyl (C=O) groups excluding carboxylic acids is 1.